The highest BCUT2D eigenvalue weighted by molar-refractivity contribution is 6.29. The maximum Gasteiger partial charge on any atom is 0.153 e. The van der Waals surface area contributed by atoms with Crippen molar-refractivity contribution in [3.05, 3.63) is 17.3 Å². The lowest BCUT2D eigenvalue weighted by Crippen LogP contribution is -2.36. The van der Waals surface area contributed by atoms with E-state index in [1.165, 1.54) is 12.8 Å². The molecule has 0 spiro atoms. The van der Waals surface area contributed by atoms with Crippen LogP contribution in [-0.2, 0) is 0 Å². The Labute approximate surface area is 108 Å². The van der Waals surface area contributed by atoms with E-state index in [-0.39, 0.29) is 0 Å². The molecule has 0 radical (unpaired) electrons. The second kappa shape index (κ2) is 5.13. The van der Waals surface area contributed by atoms with Crippen LogP contribution in [0.1, 0.15) is 26.7 Å². The quantitative estimate of drug-likeness (QED) is 0.823. The van der Waals surface area contributed by atoms with Crippen molar-refractivity contribution in [3.63, 3.8) is 0 Å². The lowest BCUT2D eigenvalue weighted by molar-refractivity contribution is 0.311. The molecule has 0 atom stereocenters. The molecule has 94 valence electrons. The average Bonchev–Trinajstić information content (AvgIpc) is 2.32. The minimum Gasteiger partial charge on any atom is -0.396 e. The summed E-state index contributed by atoms with van der Waals surface area (Å²) in [6, 6.07) is 3.57. The number of hydrogen-bond acceptors (Lipinski definition) is 3. The van der Waals surface area contributed by atoms with Crippen molar-refractivity contribution in [2.24, 2.45) is 11.8 Å². The zero-order valence-corrected chi connectivity index (χ0v) is 11.2. The normalized spacial score (nSPS) is 17.8. The molecule has 0 unspecified atom stereocenters. The van der Waals surface area contributed by atoms with Crippen LogP contribution in [0.15, 0.2) is 12.1 Å². The van der Waals surface area contributed by atoms with Gasteiger partial charge in [-0.05, 0) is 36.8 Å². The Morgan fingerprint density at radius 1 is 1.35 bits per heavy atom. The third-order valence-corrected chi connectivity index (χ3v) is 3.86. The molecule has 1 saturated heterocycles. The number of aromatic nitrogens is 1. The number of nitrogens with zero attached hydrogens (tertiary/aromatic N) is 2. The highest BCUT2D eigenvalue weighted by Gasteiger charge is 2.23. The second-order valence-corrected chi connectivity index (χ2v) is 5.50. The van der Waals surface area contributed by atoms with Gasteiger partial charge in [0.2, 0.25) is 0 Å². The van der Waals surface area contributed by atoms with Crippen LogP contribution in [0.4, 0.5) is 11.5 Å². The van der Waals surface area contributed by atoms with Crippen LogP contribution in [0.2, 0.25) is 5.15 Å². The first-order chi connectivity index (χ1) is 8.08. The molecule has 2 heterocycles. The van der Waals surface area contributed by atoms with Gasteiger partial charge in [-0.1, -0.05) is 25.4 Å². The van der Waals surface area contributed by atoms with E-state index < -0.39 is 0 Å². The van der Waals surface area contributed by atoms with Gasteiger partial charge in [0.1, 0.15) is 5.15 Å². The van der Waals surface area contributed by atoms with Crippen LogP contribution in [0.25, 0.3) is 0 Å². The third kappa shape index (κ3) is 2.83. The number of nitrogen functional groups attached to an aromatic ring is 1. The molecular formula is C13H20ClN3. The highest BCUT2D eigenvalue weighted by Crippen LogP contribution is 2.30. The zero-order chi connectivity index (χ0) is 12.4. The first-order valence-corrected chi connectivity index (χ1v) is 6.62. The van der Waals surface area contributed by atoms with Crippen LogP contribution >= 0.6 is 11.6 Å². The monoisotopic (exact) mass is 253 g/mol. The van der Waals surface area contributed by atoms with E-state index in [1.54, 1.807) is 6.07 Å². The standard InChI is InChI=1S/C13H20ClN3/c1-9(2)10-5-7-17(8-6-10)13-11(15)3-4-12(14)16-13/h3-4,9-10H,5-8,15H2,1-2H3. The number of anilines is 2. The van der Waals surface area contributed by atoms with Gasteiger partial charge in [0, 0.05) is 13.1 Å². The maximum atomic E-state index is 5.95. The maximum absolute atomic E-state index is 5.95. The summed E-state index contributed by atoms with van der Waals surface area (Å²) in [4.78, 5) is 6.58. The van der Waals surface area contributed by atoms with Gasteiger partial charge in [0.05, 0.1) is 5.69 Å². The van der Waals surface area contributed by atoms with Crippen LogP contribution < -0.4 is 10.6 Å². The molecule has 0 amide bonds. The summed E-state index contributed by atoms with van der Waals surface area (Å²) in [5.74, 6) is 2.44. The molecule has 4 heteroatoms. The van der Waals surface area contributed by atoms with E-state index in [2.05, 4.69) is 23.7 Å². The summed E-state index contributed by atoms with van der Waals surface area (Å²) < 4.78 is 0. The Bertz CT molecular complexity index is 384. The van der Waals surface area contributed by atoms with Crippen molar-refractivity contribution in [2.75, 3.05) is 23.7 Å². The number of pyridine rings is 1. The molecule has 2 N–H and O–H groups in total. The molecule has 0 aromatic carbocycles. The lowest BCUT2D eigenvalue weighted by Gasteiger charge is -2.35. The van der Waals surface area contributed by atoms with Crippen LogP contribution in [-0.4, -0.2) is 18.1 Å². The molecule has 1 aliphatic rings. The molecule has 0 bridgehead atoms. The van der Waals surface area contributed by atoms with Crippen molar-refractivity contribution in [1.82, 2.24) is 4.98 Å². The smallest absolute Gasteiger partial charge is 0.153 e. The number of nitrogens with two attached hydrogens (primary N) is 1. The highest BCUT2D eigenvalue weighted by atomic mass is 35.5. The van der Waals surface area contributed by atoms with Gasteiger partial charge in [-0.3, -0.25) is 0 Å². The largest absolute Gasteiger partial charge is 0.396 e. The van der Waals surface area contributed by atoms with Gasteiger partial charge in [-0.2, -0.15) is 0 Å². The second-order valence-electron chi connectivity index (χ2n) is 5.12. The Morgan fingerprint density at radius 3 is 2.59 bits per heavy atom. The molecule has 1 aromatic heterocycles. The van der Waals surface area contributed by atoms with Gasteiger partial charge >= 0.3 is 0 Å². The summed E-state index contributed by atoms with van der Waals surface area (Å²) >= 11 is 5.92. The first kappa shape index (κ1) is 12.5. The predicted molar refractivity (Wildman–Crippen MR) is 73.4 cm³/mol. The van der Waals surface area contributed by atoms with Crippen molar-refractivity contribution >= 4 is 23.1 Å². The fourth-order valence-electron chi connectivity index (χ4n) is 2.47. The molecule has 0 aliphatic carbocycles. The van der Waals surface area contributed by atoms with Gasteiger partial charge in [0.15, 0.2) is 5.82 Å². The van der Waals surface area contributed by atoms with Crippen molar-refractivity contribution in [2.45, 2.75) is 26.7 Å². The Hall–Kier alpha value is -0.960. The number of hydrogen-bond donors (Lipinski definition) is 1. The predicted octanol–water partition coefficient (Wildman–Crippen LogP) is 3.19. The van der Waals surface area contributed by atoms with Crippen molar-refractivity contribution < 1.29 is 0 Å². The summed E-state index contributed by atoms with van der Waals surface area (Å²) in [6.45, 7) is 6.65. The van der Waals surface area contributed by atoms with E-state index in [9.17, 15) is 0 Å². The molecule has 3 nitrogen and oxygen atoms in total. The minimum absolute atomic E-state index is 0.514. The molecule has 1 fully saturated rings. The van der Waals surface area contributed by atoms with E-state index >= 15 is 0 Å². The van der Waals surface area contributed by atoms with Crippen LogP contribution in [0.5, 0.6) is 0 Å². The van der Waals surface area contributed by atoms with Crippen molar-refractivity contribution in [1.29, 1.82) is 0 Å². The zero-order valence-electron chi connectivity index (χ0n) is 10.5. The van der Waals surface area contributed by atoms with E-state index in [1.807, 2.05) is 6.07 Å². The molecule has 1 aliphatic heterocycles. The average molecular weight is 254 g/mol. The summed E-state index contributed by atoms with van der Waals surface area (Å²) in [5.41, 5.74) is 6.67. The lowest BCUT2D eigenvalue weighted by atomic mass is 9.87. The number of halogens is 1. The van der Waals surface area contributed by atoms with Gasteiger partial charge in [-0.15, -0.1) is 0 Å². The Morgan fingerprint density at radius 2 is 2.00 bits per heavy atom. The van der Waals surface area contributed by atoms with Gasteiger partial charge in [0.25, 0.3) is 0 Å². The Kier molecular flexibility index (Phi) is 3.77. The Balaban J connectivity index is 2.07. The van der Waals surface area contributed by atoms with E-state index in [4.69, 9.17) is 17.3 Å². The topological polar surface area (TPSA) is 42.2 Å². The fourth-order valence-corrected chi connectivity index (χ4v) is 2.61. The van der Waals surface area contributed by atoms with Crippen LogP contribution in [0.3, 0.4) is 0 Å². The molecule has 0 saturated carbocycles. The van der Waals surface area contributed by atoms with E-state index in [0.29, 0.717) is 5.15 Å². The summed E-state index contributed by atoms with van der Waals surface area (Å²) in [6.07, 6.45) is 2.43. The first-order valence-electron chi connectivity index (χ1n) is 6.25. The van der Waals surface area contributed by atoms with Crippen LogP contribution in [0, 0.1) is 11.8 Å². The van der Waals surface area contributed by atoms with Gasteiger partial charge in [-0.25, -0.2) is 4.98 Å². The third-order valence-electron chi connectivity index (χ3n) is 3.65. The SMILES string of the molecule is CC(C)C1CCN(c2nc(Cl)ccc2N)CC1. The number of rotatable bonds is 2. The number of piperidine rings is 1. The van der Waals surface area contributed by atoms with E-state index in [0.717, 1.165) is 36.4 Å². The summed E-state index contributed by atoms with van der Waals surface area (Å²) in [5, 5.41) is 0.514. The molecule has 1 aromatic rings. The summed E-state index contributed by atoms with van der Waals surface area (Å²) in [7, 11) is 0. The fraction of sp³-hybridized carbons (Fsp3) is 0.615. The minimum atomic E-state index is 0.514. The molecule has 2 rings (SSSR count). The van der Waals surface area contributed by atoms with Gasteiger partial charge < -0.3 is 10.6 Å². The molecular weight excluding hydrogens is 234 g/mol. The molecule has 17 heavy (non-hydrogen) atoms. The van der Waals surface area contributed by atoms with Crippen molar-refractivity contribution in [3.8, 4) is 0 Å².